The summed E-state index contributed by atoms with van der Waals surface area (Å²) < 4.78 is 0. The van der Waals surface area contributed by atoms with Crippen LogP contribution in [0, 0.1) is 0 Å². The largest absolute Gasteiger partial charge is 0.375 e. The first-order valence-electron chi connectivity index (χ1n) is 5.66. The Morgan fingerprint density at radius 2 is 2.24 bits per heavy atom. The minimum absolute atomic E-state index is 0.252. The van der Waals surface area contributed by atoms with Crippen molar-refractivity contribution in [2.45, 2.75) is 26.3 Å². The van der Waals surface area contributed by atoms with Crippen molar-refractivity contribution >= 4 is 28.6 Å². The zero-order chi connectivity index (χ0) is 12.3. The second-order valence-corrected chi connectivity index (χ2v) is 5.42. The van der Waals surface area contributed by atoms with Gasteiger partial charge in [0.15, 0.2) is 5.15 Å². The van der Waals surface area contributed by atoms with Crippen molar-refractivity contribution < 1.29 is 0 Å². The van der Waals surface area contributed by atoms with Gasteiger partial charge in [-0.05, 0) is 37.6 Å². The highest BCUT2D eigenvalue weighted by Crippen LogP contribution is 2.28. The third-order valence-corrected chi connectivity index (χ3v) is 4.30. The van der Waals surface area contributed by atoms with E-state index in [1.807, 2.05) is 23.5 Å². The fraction of sp³-hybridized carbons (Fsp3) is 0.308. The van der Waals surface area contributed by atoms with E-state index in [-0.39, 0.29) is 6.04 Å². The molecule has 17 heavy (non-hydrogen) atoms. The molecule has 0 saturated heterocycles. The maximum atomic E-state index is 6.02. The minimum atomic E-state index is 0.252. The highest BCUT2D eigenvalue weighted by Gasteiger charge is 2.10. The van der Waals surface area contributed by atoms with Crippen molar-refractivity contribution in [2.24, 2.45) is 0 Å². The normalized spacial score (nSPS) is 12.4. The molecule has 1 atom stereocenters. The SMILES string of the molecule is CCc1ccc(C(C)Nc2cccnc2Cl)s1. The molecule has 0 saturated carbocycles. The first kappa shape index (κ1) is 12.4. The van der Waals surface area contributed by atoms with Crippen molar-refractivity contribution in [3.8, 4) is 0 Å². The lowest BCUT2D eigenvalue weighted by atomic mass is 10.2. The lowest BCUT2D eigenvalue weighted by Gasteiger charge is -2.14. The van der Waals surface area contributed by atoms with E-state index in [0.29, 0.717) is 5.15 Å². The molecule has 4 heteroatoms. The summed E-state index contributed by atoms with van der Waals surface area (Å²) in [7, 11) is 0. The summed E-state index contributed by atoms with van der Waals surface area (Å²) in [6.07, 6.45) is 2.78. The molecule has 2 nitrogen and oxygen atoms in total. The van der Waals surface area contributed by atoms with Gasteiger partial charge in [-0.15, -0.1) is 11.3 Å². The van der Waals surface area contributed by atoms with Crippen molar-refractivity contribution in [1.82, 2.24) is 4.98 Å². The van der Waals surface area contributed by atoms with E-state index in [4.69, 9.17) is 11.6 Å². The van der Waals surface area contributed by atoms with Crippen LogP contribution in [-0.4, -0.2) is 4.98 Å². The molecule has 0 radical (unpaired) electrons. The number of hydrogen-bond donors (Lipinski definition) is 1. The molecule has 90 valence electrons. The van der Waals surface area contributed by atoms with Gasteiger partial charge in [-0.2, -0.15) is 0 Å². The van der Waals surface area contributed by atoms with E-state index in [1.54, 1.807) is 6.20 Å². The number of aryl methyl sites for hydroxylation is 1. The Morgan fingerprint density at radius 1 is 1.41 bits per heavy atom. The van der Waals surface area contributed by atoms with E-state index < -0.39 is 0 Å². The lowest BCUT2D eigenvalue weighted by molar-refractivity contribution is 0.906. The first-order chi connectivity index (χ1) is 8.20. The predicted molar refractivity (Wildman–Crippen MR) is 75.0 cm³/mol. The number of thiophene rings is 1. The molecule has 0 amide bonds. The summed E-state index contributed by atoms with van der Waals surface area (Å²) in [5.41, 5.74) is 0.883. The van der Waals surface area contributed by atoms with Crippen LogP contribution in [0.3, 0.4) is 0 Å². The molecule has 0 bridgehead atoms. The number of hydrogen-bond acceptors (Lipinski definition) is 3. The van der Waals surface area contributed by atoms with E-state index in [2.05, 4.69) is 36.3 Å². The molecule has 0 aliphatic carbocycles. The van der Waals surface area contributed by atoms with Gasteiger partial charge in [0.1, 0.15) is 0 Å². The Labute approximate surface area is 111 Å². The first-order valence-corrected chi connectivity index (χ1v) is 6.85. The van der Waals surface area contributed by atoms with Crippen LogP contribution in [-0.2, 0) is 6.42 Å². The number of nitrogens with one attached hydrogen (secondary N) is 1. The number of nitrogens with zero attached hydrogens (tertiary/aromatic N) is 1. The molecule has 1 N–H and O–H groups in total. The third-order valence-electron chi connectivity index (χ3n) is 2.59. The molecular weight excluding hydrogens is 252 g/mol. The average Bonchev–Trinajstić information content (AvgIpc) is 2.81. The molecule has 0 fully saturated rings. The standard InChI is InChI=1S/C13H15ClN2S/c1-3-10-6-7-12(17-10)9(2)16-11-5-4-8-15-13(11)14/h4-9,16H,3H2,1-2H3. The van der Waals surface area contributed by atoms with Gasteiger partial charge in [0.25, 0.3) is 0 Å². The Bertz CT molecular complexity index is 496. The van der Waals surface area contributed by atoms with Gasteiger partial charge in [0.2, 0.25) is 0 Å². The summed E-state index contributed by atoms with van der Waals surface area (Å²) in [5, 5.41) is 3.90. The molecule has 1 unspecified atom stereocenters. The van der Waals surface area contributed by atoms with Crippen molar-refractivity contribution in [2.75, 3.05) is 5.32 Å². The van der Waals surface area contributed by atoms with E-state index in [1.165, 1.54) is 9.75 Å². The van der Waals surface area contributed by atoms with Crippen LogP contribution in [0.2, 0.25) is 5.15 Å². The third kappa shape index (κ3) is 2.99. The van der Waals surface area contributed by atoms with Gasteiger partial charge in [-0.25, -0.2) is 4.98 Å². The van der Waals surface area contributed by atoms with E-state index in [0.717, 1.165) is 12.1 Å². The maximum absolute atomic E-state index is 6.02. The zero-order valence-electron chi connectivity index (χ0n) is 9.90. The zero-order valence-corrected chi connectivity index (χ0v) is 11.5. The summed E-state index contributed by atoms with van der Waals surface area (Å²) in [4.78, 5) is 6.78. The van der Waals surface area contributed by atoms with Crippen molar-refractivity contribution in [3.63, 3.8) is 0 Å². The average molecular weight is 267 g/mol. The molecule has 0 aliphatic heterocycles. The fourth-order valence-corrected chi connectivity index (χ4v) is 2.74. The minimum Gasteiger partial charge on any atom is -0.375 e. The van der Waals surface area contributed by atoms with Crippen LogP contribution < -0.4 is 5.32 Å². The van der Waals surface area contributed by atoms with Gasteiger partial charge < -0.3 is 5.32 Å². The number of aromatic nitrogens is 1. The smallest absolute Gasteiger partial charge is 0.152 e. The molecule has 2 aromatic rings. The molecule has 2 aromatic heterocycles. The second-order valence-electron chi connectivity index (χ2n) is 3.87. The molecule has 0 aromatic carbocycles. The Kier molecular flexibility index (Phi) is 4.02. The van der Waals surface area contributed by atoms with Gasteiger partial charge in [0.05, 0.1) is 11.7 Å². The Balaban J connectivity index is 2.11. The highest BCUT2D eigenvalue weighted by molar-refractivity contribution is 7.12. The van der Waals surface area contributed by atoms with Crippen LogP contribution in [0.4, 0.5) is 5.69 Å². The van der Waals surface area contributed by atoms with Crippen LogP contribution in [0.5, 0.6) is 0 Å². The summed E-state index contributed by atoms with van der Waals surface area (Å²) >= 11 is 7.86. The number of pyridine rings is 1. The quantitative estimate of drug-likeness (QED) is 0.823. The topological polar surface area (TPSA) is 24.9 Å². The summed E-state index contributed by atoms with van der Waals surface area (Å²) in [5.74, 6) is 0. The number of halogens is 1. The van der Waals surface area contributed by atoms with Crippen LogP contribution in [0.1, 0.15) is 29.6 Å². The number of anilines is 1. The Morgan fingerprint density at radius 3 is 2.88 bits per heavy atom. The molecule has 0 spiro atoms. The molecule has 2 rings (SSSR count). The molecule has 2 heterocycles. The molecular formula is C13H15ClN2S. The van der Waals surface area contributed by atoms with Gasteiger partial charge in [-0.1, -0.05) is 18.5 Å². The van der Waals surface area contributed by atoms with Crippen molar-refractivity contribution in [3.05, 3.63) is 45.4 Å². The van der Waals surface area contributed by atoms with Crippen molar-refractivity contribution in [1.29, 1.82) is 0 Å². The molecule has 0 aliphatic rings. The van der Waals surface area contributed by atoms with Crippen LogP contribution >= 0.6 is 22.9 Å². The second kappa shape index (κ2) is 5.52. The number of rotatable bonds is 4. The maximum Gasteiger partial charge on any atom is 0.152 e. The van der Waals surface area contributed by atoms with Gasteiger partial charge >= 0.3 is 0 Å². The monoisotopic (exact) mass is 266 g/mol. The summed E-state index contributed by atoms with van der Waals surface area (Å²) in [6, 6.07) is 8.43. The fourth-order valence-electron chi connectivity index (χ4n) is 1.62. The van der Waals surface area contributed by atoms with E-state index in [9.17, 15) is 0 Å². The predicted octanol–water partition coefficient (Wildman–Crippen LogP) is 4.53. The highest BCUT2D eigenvalue weighted by atomic mass is 35.5. The van der Waals surface area contributed by atoms with E-state index >= 15 is 0 Å². The summed E-state index contributed by atoms with van der Waals surface area (Å²) in [6.45, 7) is 4.31. The Hall–Kier alpha value is -1.06. The van der Waals surface area contributed by atoms with Gasteiger partial charge in [-0.3, -0.25) is 0 Å². The van der Waals surface area contributed by atoms with Crippen LogP contribution in [0.25, 0.3) is 0 Å². The van der Waals surface area contributed by atoms with Crippen LogP contribution in [0.15, 0.2) is 30.5 Å². The van der Waals surface area contributed by atoms with Gasteiger partial charge in [0, 0.05) is 16.0 Å². The lowest BCUT2D eigenvalue weighted by Crippen LogP contribution is -2.05.